The molecular formula is C18H24N2O2. The third kappa shape index (κ3) is 3.56. The number of aromatic amines is 1. The number of rotatable bonds is 6. The van der Waals surface area contributed by atoms with Gasteiger partial charge in [0.1, 0.15) is 0 Å². The van der Waals surface area contributed by atoms with Crippen molar-refractivity contribution in [3.63, 3.8) is 0 Å². The summed E-state index contributed by atoms with van der Waals surface area (Å²) in [5, 5.41) is 0.801. The molecule has 4 nitrogen and oxygen atoms in total. The third-order valence-electron chi connectivity index (χ3n) is 3.49. The maximum atomic E-state index is 12.6. The fourth-order valence-electron chi connectivity index (χ4n) is 2.64. The Balaban J connectivity index is 2.27. The zero-order chi connectivity index (χ0) is 16.3. The van der Waals surface area contributed by atoms with E-state index in [0.29, 0.717) is 30.5 Å². The molecule has 118 valence electrons. The highest BCUT2D eigenvalue weighted by Crippen LogP contribution is 2.19. The fraction of sp³-hybridized carbons (Fsp3) is 0.444. The van der Waals surface area contributed by atoms with E-state index in [1.54, 1.807) is 11.1 Å². The standard InChI is InChI=1S/C18H24N2O2/c1-12(2)10-20(11-13(3)4)18(22)17(21)15-9-19-16-8-6-5-7-14(15)16/h5-9,12-13,19H,10-11H2,1-4H3. The summed E-state index contributed by atoms with van der Waals surface area (Å²) in [5.74, 6) is -0.178. The number of hydrogen-bond donors (Lipinski definition) is 1. The van der Waals surface area contributed by atoms with Crippen molar-refractivity contribution in [2.75, 3.05) is 13.1 Å². The highest BCUT2D eigenvalue weighted by atomic mass is 16.2. The number of fused-ring (bicyclic) bond motifs is 1. The van der Waals surface area contributed by atoms with E-state index in [4.69, 9.17) is 0 Å². The summed E-state index contributed by atoms with van der Waals surface area (Å²) < 4.78 is 0. The number of H-pyrrole nitrogens is 1. The van der Waals surface area contributed by atoms with Gasteiger partial charge < -0.3 is 9.88 Å². The smallest absolute Gasteiger partial charge is 0.295 e. The van der Waals surface area contributed by atoms with Gasteiger partial charge >= 0.3 is 0 Å². The summed E-state index contributed by atoms with van der Waals surface area (Å²) in [5.41, 5.74) is 1.33. The van der Waals surface area contributed by atoms with Crippen LogP contribution in [0.25, 0.3) is 10.9 Å². The Morgan fingerprint density at radius 2 is 1.64 bits per heavy atom. The van der Waals surface area contributed by atoms with Crippen molar-refractivity contribution < 1.29 is 9.59 Å². The first-order chi connectivity index (χ1) is 10.4. The van der Waals surface area contributed by atoms with Crippen LogP contribution in [0.2, 0.25) is 0 Å². The molecule has 0 unspecified atom stereocenters. The predicted molar refractivity (Wildman–Crippen MR) is 88.9 cm³/mol. The number of nitrogens with zero attached hydrogens (tertiary/aromatic N) is 1. The van der Waals surface area contributed by atoms with Gasteiger partial charge in [-0.25, -0.2) is 0 Å². The molecule has 4 heteroatoms. The molecule has 0 spiro atoms. The number of amides is 1. The lowest BCUT2D eigenvalue weighted by atomic mass is 10.1. The molecule has 0 radical (unpaired) electrons. The molecular weight excluding hydrogens is 276 g/mol. The van der Waals surface area contributed by atoms with Crippen LogP contribution in [-0.2, 0) is 4.79 Å². The number of para-hydroxylation sites is 1. The van der Waals surface area contributed by atoms with E-state index in [-0.39, 0.29) is 0 Å². The van der Waals surface area contributed by atoms with Gasteiger partial charge in [0.05, 0.1) is 5.56 Å². The maximum Gasteiger partial charge on any atom is 0.295 e. The second kappa shape index (κ2) is 6.77. The Kier molecular flexibility index (Phi) is 5.01. The Morgan fingerprint density at radius 1 is 1.05 bits per heavy atom. The molecule has 0 aliphatic rings. The molecule has 0 aliphatic heterocycles. The van der Waals surface area contributed by atoms with Crippen LogP contribution in [0.15, 0.2) is 30.5 Å². The van der Waals surface area contributed by atoms with Crippen LogP contribution < -0.4 is 0 Å². The van der Waals surface area contributed by atoms with Gasteiger partial charge in [-0.2, -0.15) is 0 Å². The fourth-order valence-corrected chi connectivity index (χ4v) is 2.64. The van der Waals surface area contributed by atoms with Crippen LogP contribution in [0.4, 0.5) is 0 Å². The number of hydrogen-bond acceptors (Lipinski definition) is 2. The van der Waals surface area contributed by atoms with Gasteiger partial charge in [-0.05, 0) is 17.9 Å². The van der Waals surface area contributed by atoms with Crippen molar-refractivity contribution in [1.29, 1.82) is 0 Å². The van der Waals surface area contributed by atoms with Crippen molar-refractivity contribution in [2.45, 2.75) is 27.7 Å². The molecule has 1 amide bonds. The van der Waals surface area contributed by atoms with E-state index in [9.17, 15) is 9.59 Å². The van der Waals surface area contributed by atoms with Crippen molar-refractivity contribution in [3.05, 3.63) is 36.0 Å². The number of carbonyl (C=O) groups excluding carboxylic acids is 2. The van der Waals surface area contributed by atoms with E-state index in [2.05, 4.69) is 32.7 Å². The number of nitrogens with one attached hydrogen (secondary N) is 1. The Hall–Kier alpha value is -2.10. The van der Waals surface area contributed by atoms with Gasteiger partial charge in [0.2, 0.25) is 0 Å². The summed E-state index contributed by atoms with van der Waals surface area (Å²) in [6.45, 7) is 9.41. The van der Waals surface area contributed by atoms with Crippen LogP contribution in [0.3, 0.4) is 0 Å². The topological polar surface area (TPSA) is 53.2 Å². The van der Waals surface area contributed by atoms with Gasteiger partial charge in [0, 0.05) is 30.2 Å². The Bertz CT molecular complexity index is 661. The van der Waals surface area contributed by atoms with E-state index >= 15 is 0 Å². The third-order valence-corrected chi connectivity index (χ3v) is 3.49. The molecule has 1 aromatic heterocycles. The number of carbonyl (C=O) groups is 2. The Labute approximate surface area is 131 Å². The van der Waals surface area contributed by atoms with Gasteiger partial charge in [-0.1, -0.05) is 45.9 Å². The predicted octanol–water partition coefficient (Wildman–Crippen LogP) is 3.49. The van der Waals surface area contributed by atoms with Crippen molar-refractivity contribution in [3.8, 4) is 0 Å². The average Bonchev–Trinajstić information content (AvgIpc) is 2.88. The molecule has 1 heterocycles. The first kappa shape index (κ1) is 16.3. The minimum atomic E-state index is -0.432. The van der Waals surface area contributed by atoms with Crippen LogP contribution in [0.5, 0.6) is 0 Å². The van der Waals surface area contributed by atoms with E-state index in [1.165, 1.54) is 0 Å². The van der Waals surface area contributed by atoms with Crippen LogP contribution in [-0.4, -0.2) is 34.7 Å². The number of Topliss-reactive ketones (excluding diaryl/α,β-unsaturated/α-hetero) is 1. The van der Waals surface area contributed by atoms with Crippen molar-refractivity contribution in [1.82, 2.24) is 9.88 Å². The summed E-state index contributed by atoms with van der Waals surface area (Å²) in [7, 11) is 0. The molecule has 0 aliphatic carbocycles. The molecule has 22 heavy (non-hydrogen) atoms. The van der Waals surface area contributed by atoms with Crippen LogP contribution in [0.1, 0.15) is 38.1 Å². The van der Waals surface area contributed by atoms with Gasteiger partial charge in [0.15, 0.2) is 0 Å². The average molecular weight is 300 g/mol. The summed E-state index contributed by atoms with van der Waals surface area (Å²) >= 11 is 0. The highest BCUT2D eigenvalue weighted by molar-refractivity contribution is 6.44. The first-order valence-electron chi connectivity index (χ1n) is 7.79. The lowest BCUT2D eigenvalue weighted by Crippen LogP contribution is -2.41. The van der Waals surface area contributed by atoms with Gasteiger partial charge in [-0.3, -0.25) is 9.59 Å². The quantitative estimate of drug-likeness (QED) is 0.656. The summed E-state index contributed by atoms with van der Waals surface area (Å²) in [6, 6.07) is 7.54. The van der Waals surface area contributed by atoms with Crippen molar-refractivity contribution >= 4 is 22.6 Å². The molecule has 2 aromatic rings. The van der Waals surface area contributed by atoms with Gasteiger partial charge in [0.25, 0.3) is 11.7 Å². The van der Waals surface area contributed by atoms with Crippen LogP contribution >= 0.6 is 0 Å². The van der Waals surface area contributed by atoms with Crippen LogP contribution in [0, 0.1) is 11.8 Å². The maximum absolute atomic E-state index is 12.6. The monoisotopic (exact) mass is 300 g/mol. The SMILES string of the molecule is CC(C)CN(CC(C)C)C(=O)C(=O)c1c[nH]c2ccccc12. The lowest BCUT2D eigenvalue weighted by molar-refractivity contribution is -0.127. The summed E-state index contributed by atoms with van der Waals surface area (Å²) in [6.07, 6.45) is 1.63. The zero-order valence-electron chi connectivity index (χ0n) is 13.7. The molecule has 0 saturated heterocycles. The Morgan fingerprint density at radius 3 is 2.23 bits per heavy atom. The molecule has 0 saturated carbocycles. The van der Waals surface area contributed by atoms with Gasteiger partial charge in [-0.15, -0.1) is 0 Å². The molecule has 0 bridgehead atoms. The highest BCUT2D eigenvalue weighted by Gasteiger charge is 2.26. The molecule has 2 rings (SSSR count). The minimum absolute atomic E-state index is 0.332. The second-order valence-corrected chi connectivity index (χ2v) is 6.57. The largest absolute Gasteiger partial charge is 0.360 e. The number of benzene rings is 1. The lowest BCUT2D eigenvalue weighted by Gasteiger charge is -2.25. The first-order valence-corrected chi connectivity index (χ1v) is 7.79. The molecule has 1 N–H and O–H groups in total. The summed E-state index contributed by atoms with van der Waals surface area (Å²) in [4.78, 5) is 30.0. The number of aromatic nitrogens is 1. The zero-order valence-corrected chi connectivity index (χ0v) is 13.7. The second-order valence-electron chi connectivity index (χ2n) is 6.57. The van der Waals surface area contributed by atoms with E-state index in [1.807, 2.05) is 24.3 Å². The molecule has 0 fully saturated rings. The van der Waals surface area contributed by atoms with Crippen molar-refractivity contribution in [2.24, 2.45) is 11.8 Å². The van der Waals surface area contributed by atoms with E-state index in [0.717, 1.165) is 10.9 Å². The van der Waals surface area contributed by atoms with E-state index < -0.39 is 11.7 Å². The number of ketones is 1. The molecule has 0 atom stereocenters. The normalized spacial score (nSPS) is 11.4. The minimum Gasteiger partial charge on any atom is -0.360 e. The molecule has 1 aromatic carbocycles.